The monoisotopic (exact) mass is 317 g/mol. The normalized spacial score (nSPS) is 10.5. The highest BCUT2D eigenvalue weighted by Gasteiger charge is 2.18. The molecule has 0 aliphatic heterocycles. The van der Waals surface area contributed by atoms with E-state index in [0.29, 0.717) is 15.2 Å². The standard InChI is InChI=1S/C10H8ClN3O3S2/c1-4-3-5(15)13-9(12-4)19-10-14-7(11)6(18-10)8(16)17-2/h3H,1-2H3,(H,12,13,15). The van der Waals surface area contributed by atoms with Gasteiger partial charge in [-0.2, -0.15) is 0 Å². The number of methoxy groups -OCH3 is 1. The molecule has 2 aromatic heterocycles. The summed E-state index contributed by atoms with van der Waals surface area (Å²) in [6.07, 6.45) is 0. The summed E-state index contributed by atoms with van der Waals surface area (Å²) >= 11 is 8.05. The molecular formula is C10H8ClN3O3S2. The van der Waals surface area contributed by atoms with E-state index in [1.165, 1.54) is 13.2 Å². The molecule has 0 aliphatic carbocycles. The number of carbonyl (C=O) groups is 1. The summed E-state index contributed by atoms with van der Waals surface area (Å²) in [5, 5.41) is 0.473. The lowest BCUT2D eigenvalue weighted by Crippen LogP contribution is -2.07. The minimum atomic E-state index is -0.542. The number of nitrogens with zero attached hydrogens (tertiary/aromatic N) is 2. The third-order valence-electron chi connectivity index (χ3n) is 1.97. The van der Waals surface area contributed by atoms with E-state index < -0.39 is 5.97 Å². The highest BCUT2D eigenvalue weighted by molar-refractivity contribution is 8.00. The minimum absolute atomic E-state index is 0.0781. The van der Waals surface area contributed by atoms with Crippen LogP contribution in [0.3, 0.4) is 0 Å². The fraction of sp³-hybridized carbons (Fsp3) is 0.200. The molecule has 0 amide bonds. The van der Waals surface area contributed by atoms with Gasteiger partial charge in [0.15, 0.2) is 19.5 Å². The number of carbonyl (C=O) groups excluding carboxylic acids is 1. The molecule has 0 spiro atoms. The van der Waals surface area contributed by atoms with Crippen LogP contribution in [0.5, 0.6) is 0 Å². The molecule has 2 aromatic rings. The number of nitrogens with one attached hydrogen (secondary N) is 1. The Morgan fingerprint density at radius 2 is 2.26 bits per heavy atom. The van der Waals surface area contributed by atoms with Crippen LogP contribution in [-0.4, -0.2) is 28.0 Å². The fourth-order valence-electron chi connectivity index (χ4n) is 1.23. The van der Waals surface area contributed by atoms with E-state index >= 15 is 0 Å². The largest absolute Gasteiger partial charge is 0.465 e. The second-order valence-electron chi connectivity index (χ2n) is 3.39. The van der Waals surface area contributed by atoms with Gasteiger partial charge in [0.25, 0.3) is 5.56 Å². The molecule has 0 radical (unpaired) electrons. The van der Waals surface area contributed by atoms with Crippen LogP contribution in [0.2, 0.25) is 5.15 Å². The second kappa shape index (κ2) is 5.72. The number of esters is 1. The van der Waals surface area contributed by atoms with Gasteiger partial charge in [0, 0.05) is 11.8 Å². The Labute approximate surface area is 121 Å². The number of aromatic amines is 1. The van der Waals surface area contributed by atoms with Gasteiger partial charge in [-0.25, -0.2) is 14.8 Å². The van der Waals surface area contributed by atoms with Crippen LogP contribution >= 0.6 is 34.7 Å². The van der Waals surface area contributed by atoms with Crippen LogP contribution in [0, 0.1) is 6.92 Å². The first-order valence-corrected chi connectivity index (χ1v) is 7.01. The average Bonchev–Trinajstić information content (AvgIpc) is 2.68. The molecule has 100 valence electrons. The topological polar surface area (TPSA) is 84.9 Å². The van der Waals surface area contributed by atoms with Gasteiger partial charge in [-0.05, 0) is 18.7 Å². The SMILES string of the molecule is COC(=O)c1sc(Sc2nc(C)cc(=O)[nH]2)nc1Cl. The van der Waals surface area contributed by atoms with Gasteiger partial charge < -0.3 is 9.72 Å². The number of hydrogen-bond donors (Lipinski definition) is 1. The van der Waals surface area contributed by atoms with E-state index in [1.807, 2.05) is 0 Å². The molecule has 0 atom stereocenters. The number of halogens is 1. The first kappa shape index (κ1) is 14.0. The zero-order chi connectivity index (χ0) is 14.0. The number of rotatable bonds is 3. The zero-order valence-corrected chi connectivity index (χ0v) is 12.3. The van der Waals surface area contributed by atoms with E-state index in [4.69, 9.17) is 11.6 Å². The number of aryl methyl sites for hydroxylation is 1. The van der Waals surface area contributed by atoms with Crippen molar-refractivity contribution < 1.29 is 9.53 Å². The molecule has 0 aliphatic rings. The molecular weight excluding hydrogens is 310 g/mol. The van der Waals surface area contributed by atoms with E-state index in [0.717, 1.165) is 23.1 Å². The maximum Gasteiger partial charge on any atom is 0.351 e. The maximum absolute atomic E-state index is 11.4. The van der Waals surface area contributed by atoms with E-state index in [1.54, 1.807) is 6.92 Å². The average molecular weight is 318 g/mol. The Kier molecular flexibility index (Phi) is 4.23. The van der Waals surface area contributed by atoms with Gasteiger partial charge in [0.05, 0.1) is 7.11 Å². The van der Waals surface area contributed by atoms with Gasteiger partial charge in [-0.15, -0.1) is 0 Å². The maximum atomic E-state index is 11.4. The van der Waals surface area contributed by atoms with Crippen molar-refractivity contribution in [2.45, 2.75) is 16.4 Å². The van der Waals surface area contributed by atoms with Crippen molar-refractivity contribution in [1.29, 1.82) is 0 Å². The lowest BCUT2D eigenvalue weighted by Gasteiger charge is -1.97. The van der Waals surface area contributed by atoms with Gasteiger partial charge >= 0.3 is 5.97 Å². The lowest BCUT2D eigenvalue weighted by atomic mass is 10.5. The van der Waals surface area contributed by atoms with Crippen molar-refractivity contribution in [1.82, 2.24) is 15.0 Å². The number of H-pyrrole nitrogens is 1. The zero-order valence-electron chi connectivity index (χ0n) is 9.89. The minimum Gasteiger partial charge on any atom is -0.465 e. The Hall–Kier alpha value is -1.38. The van der Waals surface area contributed by atoms with Crippen molar-refractivity contribution in [2.75, 3.05) is 7.11 Å². The van der Waals surface area contributed by atoms with E-state index in [2.05, 4.69) is 19.7 Å². The number of ether oxygens (including phenoxy) is 1. The number of hydrogen-bond acceptors (Lipinski definition) is 7. The summed E-state index contributed by atoms with van der Waals surface area (Å²) in [6.45, 7) is 1.72. The highest BCUT2D eigenvalue weighted by Crippen LogP contribution is 2.33. The molecule has 6 nitrogen and oxygen atoms in total. The molecule has 1 N–H and O–H groups in total. The van der Waals surface area contributed by atoms with Crippen LogP contribution in [0.15, 0.2) is 20.4 Å². The third kappa shape index (κ3) is 3.34. The van der Waals surface area contributed by atoms with Crippen LogP contribution in [0.25, 0.3) is 0 Å². The molecule has 2 heterocycles. The molecule has 9 heteroatoms. The van der Waals surface area contributed by atoms with E-state index in [-0.39, 0.29) is 15.6 Å². The Morgan fingerprint density at radius 3 is 2.89 bits per heavy atom. The predicted octanol–water partition coefficient (Wildman–Crippen LogP) is 2.13. The van der Waals surface area contributed by atoms with Crippen molar-refractivity contribution >= 4 is 40.7 Å². The second-order valence-corrected chi connectivity index (χ2v) is 5.98. The van der Waals surface area contributed by atoms with Crippen molar-refractivity contribution in [2.24, 2.45) is 0 Å². The Bertz CT molecular complexity index is 683. The van der Waals surface area contributed by atoms with Crippen molar-refractivity contribution in [3.05, 3.63) is 32.1 Å². The Morgan fingerprint density at radius 1 is 1.53 bits per heavy atom. The summed E-state index contributed by atoms with van der Waals surface area (Å²) in [5.74, 6) is -0.542. The molecule has 0 bridgehead atoms. The number of aromatic nitrogens is 3. The van der Waals surface area contributed by atoms with Crippen LogP contribution in [0.1, 0.15) is 15.4 Å². The highest BCUT2D eigenvalue weighted by atomic mass is 35.5. The van der Waals surface area contributed by atoms with Gasteiger partial charge in [-0.3, -0.25) is 4.79 Å². The smallest absolute Gasteiger partial charge is 0.351 e. The van der Waals surface area contributed by atoms with Crippen molar-refractivity contribution in [3.63, 3.8) is 0 Å². The molecule has 19 heavy (non-hydrogen) atoms. The summed E-state index contributed by atoms with van der Waals surface area (Å²) < 4.78 is 5.08. The molecule has 0 saturated heterocycles. The third-order valence-corrected chi connectivity index (χ3v) is 4.34. The summed E-state index contributed by atoms with van der Waals surface area (Å²) in [4.78, 5) is 33.7. The lowest BCUT2D eigenvalue weighted by molar-refractivity contribution is 0.0606. The van der Waals surface area contributed by atoms with Gasteiger partial charge in [-0.1, -0.05) is 22.9 Å². The summed E-state index contributed by atoms with van der Waals surface area (Å²) in [5.41, 5.74) is 0.355. The Balaban J connectivity index is 2.29. The molecule has 0 unspecified atom stereocenters. The van der Waals surface area contributed by atoms with Crippen LogP contribution in [-0.2, 0) is 4.74 Å². The summed E-state index contributed by atoms with van der Waals surface area (Å²) in [7, 11) is 1.27. The molecule has 0 aromatic carbocycles. The molecule has 0 saturated carbocycles. The predicted molar refractivity (Wildman–Crippen MR) is 72.2 cm³/mol. The van der Waals surface area contributed by atoms with Crippen LogP contribution in [0.4, 0.5) is 0 Å². The first-order valence-electron chi connectivity index (χ1n) is 5.00. The van der Waals surface area contributed by atoms with Gasteiger partial charge in [0.1, 0.15) is 0 Å². The van der Waals surface area contributed by atoms with Gasteiger partial charge in [0.2, 0.25) is 0 Å². The van der Waals surface area contributed by atoms with Crippen molar-refractivity contribution in [3.8, 4) is 0 Å². The first-order chi connectivity index (χ1) is 8.99. The summed E-state index contributed by atoms with van der Waals surface area (Å²) in [6, 6.07) is 1.39. The van der Waals surface area contributed by atoms with E-state index in [9.17, 15) is 9.59 Å². The molecule has 0 fully saturated rings. The van der Waals surface area contributed by atoms with Crippen LogP contribution < -0.4 is 5.56 Å². The quantitative estimate of drug-likeness (QED) is 0.689. The number of thiazole rings is 1. The molecule has 2 rings (SSSR count). The fourth-order valence-corrected chi connectivity index (χ4v) is 3.51.